The summed E-state index contributed by atoms with van der Waals surface area (Å²) in [5.74, 6) is 0. The van der Waals surface area contributed by atoms with Crippen molar-refractivity contribution in [1.29, 1.82) is 0 Å². The van der Waals surface area contributed by atoms with Gasteiger partial charge >= 0.3 is 7.12 Å². The lowest BCUT2D eigenvalue weighted by Crippen LogP contribution is -2.41. The summed E-state index contributed by atoms with van der Waals surface area (Å²) in [6.07, 6.45) is 6.34. The molecule has 1 aromatic carbocycles. The first-order valence-corrected chi connectivity index (χ1v) is 8.71. The molecule has 2 nitrogen and oxygen atoms in total. The average Bonchev–Trinajstić information content (AvgIpc) is 2.63. The minimum atomic E-state index is -0.275. The van der Waals surface area contributed by atoms with Crippen molar-refractivity contribution in [3.8, 4) is 0 Å². The monoisotopic (exact) mass is 302 g/mol. The molecule has 0 radical (unpaired) electrons. The molecular weight excluding hydrogens is 271 g/mol. The minimum Gasteiger partial charge on any atom is -0.399 e. The smallest absolute Gasteiger partial charge is 0.399 e. The molecule has 22 heavy (non-hydrogen) atoms. The third-order valence-electron chi connectivity index (χ3n) is 5.00. The Morgan fingerprint density at radius 2 is 1.55 bits per heavy atom. The van der Waals surface area contributed by atoms with Crippen molar-refractivity contribution in [2.45, 2.75) is 84.8 Å². The van der Waals surface area contributed by atoms with Gasteiger partial charge in [0, 0.05) is 0 Å². The molecule has 1 aliphatic rings. The normalized spacial score (nSPS) is 19.6. The van der Waals surface area contributed by atoms with Crippen LogP contribution in [-0.2, 0) is 15.7 Å². The summed E-state index contributed by atoms with van der Waals surface area (Å²) in [4.78, 5) is 0. The largest absolute Gasteiger partial charge is 0.494 e. The van der Waals surface area contributed by atoms with E-state index in [0.717, 1.165) is 11.9 Å². The summed E-state index contributed by atoms with van der Waals surface area (Å²) in [5, 5.41) is 0. The van der Waals surface area contributed by atoms with E-state index in [9.17, 15) is 0 Å². The van der Waals surface area contributed by atoms with Crippen LogP contribution in [0.5, 0.6) is 0 Å². The van der Waals surface area contributed by atoms with Crippen LogP contribution in [0.3, 0.4) is 0 Å². The van der Waals surface area contributed by atoms with Gasteiger partial charge in [0.1, 0.15) is 0 Å². The molecule has 0 bridgehead atoms. The van der Waals surface area contributed by atoms with Gasteiger partial charge in [-0.25, -0.2) is 0 Å². The summed E-state index contributed by atoms with van der Waals surface area (Å²) in [6, 6.07) is 6.75. The number of unbranched alkanes of at least 4 members (excludes halogenated alkanes) is 3. The van der Waals surface area contributed by atoms with Gasteiger partial charge < -0.3 is 9.31 Å². The molecule has 0 spiro atoms. The van der Waals surface area contributed by atoms with Crippen LogP contribution < -0.4 is 5.46 Å². The van der Waals surface area contributed by atoms with Crippen LogP contribution in [0.1, 0.15) is 71.4 Å². The third kappa shape index (κ3) is 3.94. The maximum Gasteiger partial charge on any atom is 0.494 e. The number of benzene rings is 1. The van der Waals surface area contributed by atoms with Gasteiger partial charge in [0.05, 0.1) is 11.2 Å². The highest BCUT2D eigenvalue weighted by molar-refractivity contribution is 6.62. The maximum absolute atomic E-state index is 6.18. The van der Waals surface area contributed by atoms with Crippen molar-refractivity contribution in [1.82, 2.24) is 0 Å². The van der Waals surface area contributed by atoms with Crippen LogP contribution in [0.4, 0.5) is 0 Å². The standard InChI is InChI=1S/C19H31BO2/c1-7-8-9-10-11-16-12-15(2)13-17(14-16)20-21-18(3,4)19(5,6)22-20/h12-14H,7-11H2,1-6H3. The molecule has 0 saturated carbocycles. The van der Waals surface area contributed by atoms with Gasteiger partial charge in [-0.1, -0.05) is 49.9 Å². The lowest BCUT2D eigenvalue weighted by Gasteiger charge is -2.32. The van der Waals surface area contributed by atoms with E-state index in [1.807, 2.05) is 0 Å². The fraction of sp³-hybridized carbons (Fsp3) is 0.684. The lowest BCUT2D eigenvalue weighted by molar-refractivity contribution is 0.00578. The minimum absolute atomic E-state index is 0.251. The van der Waals surface area contributed by atoms with E-state index in [0.29, 0.717) is 0 Å². The van der Waals surface area contributed by atoms with Gasteiger partial charge in [-0.15, -0.1) is 0 Å². The molecule has 0 N–H and O–H groups in total. The molecule has 1 heterocycles. The summed E-state index contributed by atoms with van der Waals surface area (Å²) in [6.45, 7) is 12.8. The molecule has 1 saturated heterocycles. The zero-order valence-corrected chi connectivity index (χ0v) is 15.2. The van der Waals surface area contributed by atoms with Gasteiger partial charge in [-0.3, -0.25) is 0 Å². The predicted octanol–water partition coefficient (Wildman–Crippen LogP) is 4.42. The molecule has 0 aromatic heterocycles. The highest BCUT2D eigenvalue weighted by Gasteiger charge is 2.51. The first kappa shape index (κ1) is 17.6. The Morgan fingerprint density at radius 1 is 0.909 bits per heavy atom. The van der Waals surface area contributed by atoms with E-state index < -0.39 is 0 Å². The zero-order chi connectivity index (χ0) is 16.4. The van der Waals surface area contributed by atoms with Gasteiger partial charge in [-0.2, -0.15) is 0 Å². The third-order valence-corrected chi connectivity index (χ3v) is 5.00. The Hall–Kier alpha value is -0.795. The van der Waals surface area contributed by atoms with Crippen molar-refractivity contribution in [3.63, 3.8) is 0 Å². The molecule has 2 rings (SSSR count). The number of hydrogen-bond donors (Lipinski definition) is 0. The van der Waals surface area contributed by atoms with Crippen molar-refractivity contribution >= 4 is 12.6 Å². The quantitative estimate of drug-likeness (QED) is 0.572. The van der Waals surface area contributed by atoms with Crippen molar-refractivity contribution < 1.29 is 9.31 Å². The van der Waals surface area contributed by atoms with E-state index in [1.54, 1.807) is 0 Å². The van der Waals surface area contributed by atoms with Crippen LogP contribution in [0, 0.1) is 6.92 Å². The second-order valence-electron chi connectivity index (χ2n) is 7.65. The second-order valence-corrected chi connectivity index (χ2v) is 7.65. The molecule has 0 atom stereocenters. The first-order chi connectivity index (χ1) is 10.2. The highest BCUT2D eigenvalue weighted by atomic mass is 16.7. The SMILES string of the molecule is CCCCCCc1cc(C)cc(B2OC(C)(C)C(C)(C)O2)c1. The van der Waals surface area contributed by atoms with Gasteiger partial charge in [-0.05, 0) is 58.5 Å². The van der Waals surface area contributed by atoms with E-state index in [2.05, 4.69) is 59.7 Å². The van der Waals surface area contributed by atoms with Crippen LogP contribution in [0.15, 0.2) is 18.2 Å². The van der Waals surface area contributed by atoms with Gasteiger partial charge in [0.15, 0.2) is 0 Å². The van der Waals surface area contributed by atoms with Gasteiger partial charge in [0.25, 0.3) is 0 Å². The Morgan fingerprint density at radius 3 is 2.14 bits per heavy atom. The maximum atomic E-state index is 6.18. The topological polar surface area (TPSA) is 18.5 Å². The molecule has 1 aromatic rings. The Labute approximate surface area is 136 Å². The highest BCUT2D eigenvalue weighted by Crippen LogP contribution is 2.36. The van der Waals surface area contributed by atoms with E-state index in [4.69, 9.17) is 9.31 Å². The number of aryl methyl sites for hydroxylation is 2. The molecule has 0 aliphatic carbocycles. The van der Waals surface area contributed by atoms with Crippen molar-refractivity contribution in [3.05, 3.63) is 29.3 Å². The average molecular weight is 302 g/mol. The molecule has 1 fully saturated rings. The fourth-order valence-corrected chi connectivity index (χ4v) is 2.91. The van der Waals surface area contributed by atoms with Crippen LogP contribution in [0.25, 0.3) is 0 Å². The molecule has 122 valence electrons. The molecule has 3 heteroatoms. The Kier molecular flexibility index (Phi) is 5.39. The molecule has 1 aliphatic heterocycles. The van der Waals surface area contributed by atoms with E-state index >= 15 is 0 Å². The molecular formula is C19H31BO2. The fourth-order valence-electron chi connectivity index (χ4n) is 2.91. The summed E-state index contributed by atoms with van der Waals surface area (Å²) in [5.41, 5.74) is 3.30. The summed E-state index contributed by atoms with van der Waals surface area (Å²) in [7, 11) is -0.251. The summed E-state index contributed by atoms with van der Waals surface area (Å²) < 4.78 is 12.4. The van der Waals surface area contributed by atoms with Crippen LogP contribution in [0.2, 0.25) is 0 Å². The van der Waals surface area contributed by atoms with Crippen molar-refractivity contribution in [2.75, 3.05) is 0 Å². The van der Waals surface area contributed by atoms with Gasteiger partial charge in [0.2, 0.25) is 0 Å². The molecule has 0 unspecified atom stereocenters. The molecule has 0 amide bonds. The van der Waals surface area contributed by atoms with E-state index in [-0.39, 0.29) is 18.3 Å². The summed E-state index contributed by atoms with van der Waals surface area (Å²) >= 11 is 0. The Balaban J connectivity index is 2.10. The zero-order valence-electron chi connectivity index (χ0n) is 15.2. The lowest BCUT2D eigenvalue weighted by atomic mass is 9.77. The van der Waals surface area contributed by atoms with Crippen molar-refractivity contribution in [2.24, 2.45) is 0 Å². The van der Waals surface area contributed by atoms with E-state index in [1.165, 1.54) is 36.8 Å². The first-order valence-electron chi connectivity index (χ1n) is 8.71. The number of hydrogen-bond acceptors (Lipinski definition) is 2. The predicted molar refractivity (Wildman–Crippen MR) is 94.7 cm³/mol. The van der Waals surface area contributed by atoms with Crippen LogP contribution in [-0.4, -0.2) is 18.3 Å². The number of rotatable bonds is 6. The second kappa shape index (κ2) is 6.76. The van der Waals surface area contributed by atoms with Crippen LogP contribution >= 0.6 is 0 Å². The Bertz CT molecular complexity index is 492.